The van der Waals surface area contributed by atoms with Gasteiger partial charge in [0.05, 0.1) is 22.5 Å². The quantitative estimate of drug-likeness (QED) is 0.360. The van der Waals surface area contributed by atoms with E-state index in [4.69, 9.17) is 4.74 Å². The Bertz CT molecular complexity index is 1600. The van der Waals surface area contributed by atoms with E-state index in [1.54, 1.807) is 41.3 Å². The minimum Gasteiger partial charge on any atom is -0.477 e. The molecule has 0 saturated carbocycles. The SMILES string of the molecule is O=S(=O)(c1ccc(F)cc1)N1CCC2=Cc3c(cnn3-c3ccc(F)cc3)C[C@]2(COc2ccccn2)C1. The van der Waals surface area contributed by atoms with Crippen molar-refractivity contribution in [1.82, 2.24) is 19.1 Å². The maximum Gasteiger partial charge on any atom is 0.243 e. The molecule has 2 aromatic heterocycles. The lowest BCUT2D eigenvalue weighted by Crippen LogP contribution is -2.52. The Labute approximate surface area is 219 Å². The summed E-state index contributed by atoms with van der Waals surface area (Å²) in [6.45, 7) is 0.676. The third-order valence-electron chi connectivity index (χ3n) is 7.17. The molecule has 1 saturated heterocycles. The highest BCUT2D eigenvalue weighted by Crippen LogP contribution is 2.45. The summed E-state index contributed by atoms with van der Waals surface area (Å²) in [5.74, 6) is -0.368. The van der Waals surface area contributed by atoms with Crippen molar-refractivity contribution in [3.8, 4) is 11.6 Å². The number of rotatable bonds is 6. The Morgan fingerprint density at radius 2 is 1.71 bits per heavy atom. The molecule has 0 radical (unpaired) electrons. The lowest BCUT2D eigenvalue weighted by atomic mass is 9.69. The summed E-state index contributed by atoms with van der Waals surface area (Å²) in [5, 5.41) is 4.56. The van der Waals surface area contributed by atoms with Gasteiger partial charge in [-0.2, -0.15) is 9.40 Å². The lowest BCUT2D eigenvalue weighted by Gasteiger charge is -2.45. The molecule has 2 aliphatic rings. The molecule has 0 unspecified atom stereocenters. The highest BCUT2D eigenvalue weighted by atomic mass is 32.2. The van der Waals surface area contributed by atoms with E-state index in [0.29, 0.717) is 18.7 Å². The predicted octanol–water partition coefficient (Wildman–Crippen LogP) is 4.65. The fourth-order valence-corrected chi connectivity index (χ4v) is 6.74. The van der Waals surface area contributed by atoms with Crippen LogP contribution < -0.4 is 4.74 Å². The third-order valence-corrected chi connectivity index (χ3v) is 9.03. The highest BCUT2D eigenvalue weighted by molar-refractivity contribution is 7.89. The number of benzene rings is 2. The van der Waals surface area contributed by atoms with E-state index in [0.717, 1.165) is 34.7 Å². The lowest BCUT2D eigenvalue weighted by molar-refractivity contribution is 0.122. The molecule has 4 aromatic rings. The molecule has 10 heteroatoms. The minimum atomic E-state index is -3.86. The third kappa shape index (κ3) is 4.39. The van der Waals surface area contributed by atoms with E-state index in [2.05, 4.69) is 16.2 Å². The van der Waals surface area contributed by atoms with Crippen LogP contribution in [0.3, 0.4) is 0 Å². The van der Waals surface area contributed by atoms with Crippen molar-refractivity contribution in [2.45, 2.75) is 17.7 Å². The number of halogens is 2. The molecule has 6 rings (SSSR count). The predicted molar refractivity (Wildman–Crippen MR) is 137 cm³/mol. The van der Waals surface area contributed by atoms with Gasteiger partial charge in [-0.05, 0) is 79.1 Å². The zero-order valence-electron chi connectivity index (χ0n) is 20.3. The van der Waals surface area contributed by atoms with E-state index in [-0.39, 0.29) is 30.4 Å². The summed E-state index contributed by atoms with van der Waals surface area (Å²) in [4.78, 5) is 4.31. The van der Waals surface area contributed by atoms with Crippen molar-refractivity contribution in [1.29, 1.82) is 0 Å². The number of hydrogen-bond acceptors (Lipinski definition) is 5. The number of nitrogens with zero attached hydrogens (tertiary/aromatic N) is 4. The number of fused-ring (bicyclic) bond motifs is 2. The topological polar surface area (TPSA) is 77.3 Å². The second-order valence-electron chi connectivity index (χ2n) is 9.57. The van der Waals surface area contributed by atoms with Gasteiger partial charge in [0.15, 0.2) is 0 Å². The van der Waals surface area contributed by atoms with Gasteiger partial charge in [-0.1, -0.05) is 11.6 Å². The standard InChI is InChI=1S/C28H24F2N4O3S/c29-22-4-8-24(9-5-22)34-26-15-21-12-14-33(38(35,36)25-10-6-23(30)7-11-25)18-28(21,16-20(26)17-32-34)19-37-27-3-1-2-13-31-27/h1-11,13,15,17H,12,14,16,18-19H2/t28-/m1/s1. The summed E-state index contributed by atoms with van der Waals surface area (Å²) in [5.41, 5.74) is 2.94. The average molecular weight is 535 g/mol. The van der Waals surface area contributed by atoms with E-state index >= 15 is 0 Å². The smallest absolute Gasteiger partial charge is 0.243 e. The van der Waals surface area contributed by atoms with Crippen LogP contribution in [0.4, 0.5) is 8.78 Å². The molecule has 194 valence electrons. The first-order chi connectivity index (χ1) is 18.3. The number of piperidine rings is 1. The second kappa shape index (κ2) is 9.45. The molecule has 0 N–H and O–H groups in total. The molecule has 1 fully saturated rings. The van der Waals surface area contributed by atoms with Gasteiger partial charge < -0.3 is 4.74 Å². The Kier molecular flexibility index (Phi) is 6.08. The maximum atomic E-state index is 13.5. The fraction of sp³-hybridized carbons (Fsp3) is 0.214. The molecule has 1 atom stereocenters. The molecule has 38 heavy (non-hydrogen) atoms. The zero-order valence-corrected chi connectivity index (χ0v) is 21.1. The molecule has 1 aliphatic carbocycles. The summed E-state index contributed by atoms with van der Waals surface area (Å²) >= 11 is 0. The van der Waals surface area contributed by atoms with Crippen molar-refractivity contribution in [3.05, 3.63) is 108 Å². The molecule has 1 aliphatic heterocycles. The zero-order chi connectivity index (χ0) is 26.3. The number of ether oxygens (including phenoxy) is 1. The first-order valence-electron chi connectivity index (χ1n) is 12.2. The minimum absolute atomic E-state index is 0.0488. The normalized spacial score (nSPS) is 19.4. The van der Waals surface area contributed by atoms with Gasteiger partial charge in [-0.25, -0.2) is 26.9 Å². The van der Waals surface area contributed by atoms with Gasteiger partial charge in [0.2, 0.25) is 15.9 Å². The van der Waals surface area contributed by atoms with Gasteiger partial charge in [0, 0.05) is 30.8 Å². The van der Waals surface area contributed by atoms with Crippen LogP contribution in [0.25, 0.3) is 11.8 Å². The molecule has 0 spiro atoms. The largest absolute Gasteiger partial charge is 0.477 e. The summed E-state index contributed by atoms with van der Waals surface area (Å²) in [6.07, 6.45) is 6.44. The van der Waals surface area contributed by atoms with Gasteiger partial charge in [-0.15, -0.1) is 0 Å². The fourth-order valence-electron chi connectivity index (χ4n) is 5.22. The van der Waals surface area contributed by atoms with E-state index in [9.17, 15) is 17.2 Å². The Morgan fingerprint density at radius 3 is 2.42 bits per heavy atom. The van der Waals surface area contributed by atoms with Gasteiger partial charge in [0.25, 0.3) is 0 Å². The summed E-state index contributed by atoms with van der Waals surface area (Å²) in [7, 11) is -3.86. The van der Waals surface area contributed by atoms with Crippen molar-refractivity contribution in [3.63, 3.8) is 0 Å². The maximum absolute atomic E-state index is 13.5. The highest BCUT2D eigenvalue weighted by Gasteiger charge is 2.46. The van der Waals surface area contributed by atoms with Crippen LogP contribution in [0.5, 0.6) is 5.88 Å². The van der Waals surface area contributed by atoms with Crippen LogP contribution >= 0.6 is 0 Å². The Morgan fingerprint density at radius 1 is 0.974 bits per heavy atom. The Hall–Kier alpha value is -3.89. The number of aromatic nitrogens is 3. The molecular weight excluding hydrogens is 510 g/mol. The van der Waals surface area contributed by atoms with Crippen LogP contribution in [-0.2, 0) is 16.4 Å². The molecular formula is C28H24F2N4O3S. The van der Waals surface area contributed by atoms with Crippen molar-refractivity contribution < 1.29 is 21.9 Å². The first-order valence-corrected chi connectivity index (χ1v) is 13.6. The van der Waals surface area contributed by atoms with E-state index in [1.165, 1.54) is 28.6 Å². The summed E-state index contributed by atoms with van der Waals surface area (Å²) in [6, 6.07) is 16.4. The van der Waals surface area contributed by atoms with Crippen LogP contribution in [0, 0.1) is 17.0 Å². The van der Waals surface area contributed by atoms with E-state index in [1.807, 2.05) is 6.07 Å². The van der Waals surface area contributed by atoms with Gasteiger partial charge in [-0.3, -0.25) is 0 Å². The Balaban J connectivity index is 1.37. The average Bonchev–Trinajstić information content (AvgIpc) is 3.33. The van der Waals surface area contributed by atoms with Crippen LogP contribution in [0.1, 0.15) is 17.7 Å². The molecule has 0 amide bonds. The molecule has 7 nitrogen and oxygen atoms in total. The van der Waals surface area contributed by atoms with E-state index < -0.39 is 21.3 Å². The first kappa shape index (κ1) is 24.4. The van der Waals surface area contributed by atoms with Crippen LogP contribution in [0.2, 0.25) is 0 Å². The molecule has 3 heterocycles. The van der Waals surface area contributed by atoms with Crippen LogP contribution in [-0.4, -0.2) is 47.2 Å². The monoisotopic (exact) mass is 534 g/mol. The number of pyridine rings is 1. The second-order valence-corrected chi connectivity index (χ2v) is 11.5. The van der Waals surface area contributed by atoms with Crippen molar-refractivity contribution >= 4 is 16.1 Å². The van der Waals surface area contributed by atoms with Gasteiger partial charge >= 0.3 is 0 Å². The van der Waals surface area contributed by atoms with Crippen molar-refractivity contribution in [2.75, 3.05) is 19.7 Å². The molecule has 0 bridgehead atoms. The summed E-state index contributed by atoms with van der Waals surface area (Å²) < 4.78 is 63.4. The van der Waals surface area contributed by atoms with Gasteiger partial charge in [0.1, 0.15) is 18.2 Å². The van der Waals surface area contributed by atoms with Crippen LogP contribution in [0.15, 0.2) is 89.6 Å². The van der Waals surface area contributed by atoms with Crippen molar-refractivity contribution in [2.24, 2.45) is 5.41 Å². The number of sulfonamides is 1. The molecule has 2 aromatic carbocycles. The number of hydrogen-bond donors (Lipinski definition) is 0.